The zero-order valence-electron chi connectivity index (χ0n) is 13.3. The van der Waals surface area contributed by atoms with Crippen molar-refractivity contribution in [3.05, 3.63) is 24.3 Å². The summed E-state index contributed by atoms with van der Waals surface area (Å²) in [6, 6.07) is 6.24. The summed E-state index contributed by atoms with van der Waals surface area (Å²) < 4.78 is 26.6. The monoisotopic (exact) mass is 357 g/mol. The number of hydrogen-bond donors (Lipinski definition) is 3. The number of benzene rings is 1. The summed E-state index contributed by atoms with van der Waals surface area (Å²) in [5, 5.41) is 6.12. The van der Waals surface area contributed by atoms with E-state index >= 15 is 0 Å². The molecule has 1 atom stereocenters. The molecule has 1 aromatic carbocycles. The lowest BCUT2D eigenvalue weighted by Crippen LogP contribution is -2.39. The number of nitrogens with one attached hydrogen (secondary N) is 3. The Bertz CT molecular complexity index is 624. The van der Waals surface area contributed by atoms with Gasteiger partial charge in [-0.15, -0.1) is 0 Å². The highest BCUT2D eigenvalue weighted by Crippen LogP contribution is 2.16. The minimum Gasteiger partial charge on any atom is -0.326 e. The van der Waals surface area contributed by atoms with Crippen LogP contribution in [0.5, 0.6) is 0 Å². The molecule has 1 aromatic rings. The van der Waals surface area contributed by atoms with Crippen molar-refractivity contribution >= 4 is 33.4 Å². The molecule has 1 amide bonds. The van der Waals surface area contributed by atoms with E-state index in [9.17, 15) is 13.2 Å². The number of rotatable bonds is 6. The third-order valence-corrected chi connectivity index (χ3v) is 6.07. The molecule has 0 radical (unpaired) electrons. The molecule has 1 aliphatic heterocycles. The number of carbonyl (C=O) groups excluding carboxylic acids is 1. The number of carbonyl (C=O) groups is 1. The van der Waals surface area contributed by atoms with Crippen LogP contribution in [-0.4, -0.2) is 44.5 Å². The second-order valence-electron chi connectivity index (χ2n) is 5.78. The average molecular weight is 358 g/mol. The summed E-state index contributed by atoms with van der Waals surface area (Å²) in [7, 11) is -3.50. The molecule has 1 heterocycles. The Balaban J connectivity index is 1.93. The molecule has 1 saturated heterocycles. The predicted molar refractivity (Wildman–Crippen MR) is 94.3 cm³/mol. The van der Waals surface area contributed by atoms with Crippen LogP contribution in [0.1, 0.15) is 20.3 Å². The number of sulfonamides is 1. The van der Waals surface area contributed by atoms with Crippen LogP contribution >= 0.6 is 11.8 Å². The third-order valence-electron chi connectivity index (χ3n) is 3.27. The third kappa shape index (κ3) is 5.80. The fourth-order valence-corrected chi connectivity index (χ4v) is 4.48. The SMILES string of the molecule is CC(C)NS(=O)(=O)c1ccc(NC(=O)CC2CSCCN2)cc1. The lowest BCUT2D eigenvalue weighted by molar-refractivity contribution is -0.116. The molecule has 128 valence electrons. The van der Waals surface area contributed by atoms with Gasteiger partial charge < -0.3 is 10.6 Å². The summed E-state index contributed by atoms with van der Waals surface area (Å²) in [6.45, 7) is 4.46. The van der Waals surface area contributed by atoms with Gasteiger partial charge in [0, 0.05) is 42.2 Å². The minimum atomic E-state index is -3.50. The van der Waals surface area contributed by atoms with Gasteiger partial charge in [-0.05, 0) is 38.1 Å². The quantitative estimate of drug-likeness (QED) is 0.716. The molecule has 23 heavy (non-hydrogen) atoms. The van der Waals surface area contributed by atoms with E-state index in [1.807, 2.05) is 11.8 Å². The molecule has 0 aromatic heterocycles. The van der Waals surface area contributed by atoms with E-state index in [2.05, 4.69) is 15.4 Å². The molecule has 8 heteroatoms. The molecule has 0 spiro atoms. The molecule has 0 aliphatic carbocycles. The molecular formula is C15H23N3O3S2. The summed E-state index contributed by atoms with van der Waals surface area (Å²) in [4.78, 5) is 12.2. The first-order valence-electron chi connectivity index (χ1n) is 7.60. The average Bonchev–Trinajstić information content (AvgIpc) is 2.47. The van der Waals surface area contributed by atoms with Crippen molar-refractivity contribution < 1.29 is 13.2 Å². The summed E-state index contributed by atoms with van der Waals surface area (Å²) in [5.74, 6) is 1.95. The van der Waals surface area contributed by atoms with Crippen molar-refractivity contribution in [1.82, 2.24) is 10.0 Å². The maximum Gasteiger partial charge on any atom is 0.240 e. The van der Waals surface area contributed by atoms with E-state index in [4.69, 9.17) is 0 Å². The van der Waals surface area contributed by atoms with Gasteiger partial charge in [-0.25, -0.2) is 13.1 Å². The van der Waals surface area contributed by atoms with E-state index in [0.717, 1.165) is 18.1 Å². The van der Waals surface area contributed by atoms with Gasteiger partial charge in [0.25, 0.3) is 0 Å². The molecule has 6 nitrogen and oxygen atoms in total. The molecule has 3 N–H and O–H groups in total. The van der Waals surface area contributed by atoms with E-state index < -0.39 is 10.0 Å². The van der Waals surface area contributed by atoms with Gasteiger partial charge in [-0.3, -0.25) is 4.79 Å². The molecule has 1 unspecified atom stereocenters. The number of hydrogen-bond acceptors (Lipinski definition) is 5. The van der Waals surface area contributed by atoms with Crippen LogP contribution in [0.2, 0.25) is 0 Å². The summed E-state index contributed by atoms with van der Waals surface area (Å²) in [5.41, 5.74) is 0.599. The van der Waals surface area contributed by atoms with Crippen LogP contribution in [0.25, 0.3) is 0 Å². The maximum absolute atomic E-state index is 12.0. The van der Waals surface area contributed by atoms with Crippen LogP contribution in [0.15, 0.2) is 29.2 Å². The van der Waals surface area contributed by atoms with E-state index in [1.165, 1.54) is 12.1 Å². The Hall–Kier alpha value is -1.09. The Morgan fingerprint density at radius 3 is 2.61 bits per heavy atom. The highest BCUT2D eigenvalue weighted by atomic mass is 32.2. The van der Waals surface area contributed by atoms with Gasteiger partial charge in [-0.2, -0.15) is 11.8 Å². The first kappa shape index (κ1) is 18.3. The van der Waals surface area contributed by atoms with Crippen molar-refractivity contribution in [2.75, 3.05) is 23.4 Å². The molecule has 2 rings (SSSR count). The van der Waals surface area contributed by atoms with Crippen LogP contribution < -0.4 is 15.4 Å². The number of anilines is 1. The number of thioether (sulfide) groups is 1. The zero-order valence-corrected chi connectivity index (χ0v) is 15.0. The molecule has 0 bridgehead atoms. The van der Waals surface area contributed by atoms with Gasteiger partial charge in [0.05, 0.1) is 4.90 Å². The van der Waals surface area contributed by atoms with Gasteiger partial charge >= 0.3 is 0 Å². The number of amides is 1. The molecule has 1 aliphatic rings. The lowest BCUT2D eigenvalue weighted by Gasteiger charge is -2.22. The Kier molecular flexibility index (Phi) is 6.46. The summed E-state index contributed by atoms with van der Waals surface area (Å²) in [6.07, 6.45) is 0.419. The minimum absolute atomic E-state index is 0.0686. The highest BCUT2D eigenvalue weighted by molar-refractivity contribution is 7.99. The van der Waals surface area contributed by atoms with Crippen LogP contribution in [0.4, 0.5) is 5.69 Å². The van der Waals surface area contributed by atoms with Crippen molar-refractivity contribution in [3.8, 4) is 0 Å². The van der Waals surface area contributed by atoms with Gasteiger partial charge in [0.2, 0.25) is 15.9 Å². The van der Waals surface area contributed by atoms with Crippen molar-refractivity contribution in [2.24, 2.45) is 0 Å². The Morgan fingerprint density at radius 1 is 1.35 bits per heavy atom. The molecule has 1 fully saturated rings. The van der Waals surface area contributed by atoms with Crippen LogP contribution in [0.3, 0.4) is 0 Å². The van der Waals surface area contributed by atoms with E-state index in [-0.39, 0.29) is 22.9 Å². The second kappa shape index (κ2) is 8.14. The maximum atomic E-state index is 12.0. The zero-order chi connectivity index (χ0) is 16.9. The van der Waals surface area contributed by atoms with Crippen LogP contribution in [-0.2, 0) is 14.8 Å². The Morgan fingerprint density at radius 2 is 2.04 bits per heavy atom. The van der Waals surface area contributed by atoms with E-state index in [0.29, 0.717) is 12.1 Å². The fourth-order valence-electron chi connectivity index (χ4n) is 2.28. The van der Waals surface area contributed by atoms with Crippen molar-refractivity contribution in [2.45, 2.75) is 37.2 Å². The molecule has 0 saturated carbocycles. The lowest BCUT2D eigenvalue weighted by atomic mass is 10.2. The van der Waals surface area contributed by atoms with Crippen molar-refractivity contribution in [1.29, 1.82) is 0 Å². The van der Waals surface area contributed by atoms with E-state index in [1.54, 1.807) is 26.0 Å². The largest absolute Gasteiger partial charge is 0.326 e. The van der Waals surface area contributed by atoms with Gasteiger partial charge in [0.1, 0.15) is 0 Å². The topological polar surface area (TPSA) is 87.3 Å². The van der Waals surface area contributed by atoms with Crippen LogP contribution in [0, 0.1) is 0 Å². The normalized spacial score (nSPS) is 18.8. The smallest absolute Gasteiger partial charge is 0.240 e. The predicted octanol–water partition coefficient (Wildman–Crippen LogP) is 1.41. The Labute approximate surface area is 141 Å². The fraction of sp³-hybridized carbons (Fsp3) is 0.533. The first-order chi connectivity index (χ1) is 10.9. The van der Waals surface area contributed by atoms with Gasteiger partial charge in [-0.1, -0.05) is 0 Å². The molecular weight excluding hydrogens is 334 g/mol. The highest BCUT2D eigenvalue weighted by Gasteiger charge is 2.18. The van der Waals surface area contributed by atoms with Gasteiger partial charge in [0.15, 0.2) is 0 Å². The summed E-state index contributed by atoms with van der Waals surface area (Å²) >= 11 is 1.84. The van der Waals surface area contributed by atoms with Crippen molar-refractivity contribution in [3.63, 3.8) is 0 Å². The second-order valence-corrected chi connectivity index (χ2v) is 8.64. The standard InChI is InChI=1S/C15H23N3O3S2/c1-11(2)18-23(20,21)14-5-3-12(4-6-14)17-15(19)9-13-10-22-8-7-16-13/h3-6,11,13,16,18H,7-10H2,1-2H3,(H,17,19). The first-order valence-corrected chi connectivity index (χ1v) is 10.2.